The van der Waals surface area contributed by atoms with Crippen LogP contribution in [-0.2, 0) is 11.3 Å². The molecule has 0 bridgehead atoms. The van der Waals surface area contributed by atoms with E-state index in [1.165, 1.54) is 0 Å². The summed E-state index contributed by atoms with van der Waals surface area (Å²) < 4.78 is 6.97. The number of ether oxygens (including phenoxy) is 1. The molecule has 5 heteroatoms. The van der Waals surface area contributed by atoms with Crippen molar-refractivity contribution in [3.05, 3.63) is 24.0 Å². The number of nitrogens with zero attached hydrogens (tertiary/aromatic N) is 2. The van der Waals surface area contributed by atoms with Gasteiger partial charge < -0.3 is 19.9 Å². The summed E-state index contributed by atoms with van der Waals surface area (Å²) in [6.07, 6.45) is 1.91. The minimum absolute atomic E-state index is 0.0657. The van der Waals surface area contributed by atoms with Gasteiger partial charge in [0.05, 0.1) is 6.61 Å². The number of methoxy groups -OCH3 is 1. The van der Waals surface area contributed by atoms with Gasteiger partial charge in [0.1, 0.15) is 5.69 Å². The van der Waals surface area contributed by atoms with Crippen molar-refractivity contribution in [1.29, 1.82) is 0 Å². The maximum atomic E-state index is 12.4. The largest absolute Gasteiger partial charge is 0.383 e. The predicted molar refractivity (Wildman–Crippen MR) is 69.4 cm³/mol. The Labute approximate surface area is 108 Å². The van der Waals surface area contributed by atoms with Crippen molar-refractivity contribution in [2.75, 3.05) is 26.8 Å². The van der Waals surface area contributed by atoms with E-state index in [0.29, 0.717) is 31.3 Å². The fraction of sp³-hybridized carbons (Fsp3) is 0.615. The van der Waals surface area contributed by atoms with Gasteiger partial charge in [-0.05, 0) is 18.1 Å². The van der Waals surface area contributed by atoms with E-state index in [0.717, 1.165) is 6.54 Å². The van der Waals surface area contributed by atoms with Crippen LogP contribution in [0.1, 0.15) is 17.4 Å². The smallest absolute Gasteiger partial charge is 0.270 e. The van der Waals surface area contributed by atoms with Gasteiger partial charge in [-0.2, -0.15) is 0 Å². The highest BCUT2D eigenvalue weighted by atomic mass is 16.5. The highest BCUT2D eigenvalue weighted by Crippen LogP contribution is 2.17. The zero-order chi connectivity index (χ0) is 13.1. The third-order valence-corrected chi connectivity index (χ3v) is 3.54. The van der Waals surface area contributed by atoms with Crippen LogP contribution in [0.5, 0.6) is 0 Å². The summed E-state index contributed by atoms with van der Waals surface area (Å²) in [5.41, 5.74) is 6.67. The first-order chi connectivity index (χ1) is 8.63. The second-order valence-electron chi connectivity index (χ2n) is 4.93. The van der Waals surface area contributed by atoms with Gasteiger partial charge in [0.15, 0.2) is 0 Å². The molecule has 0 radical (unpaired) electrons. The van der Waals surface area contributed by atoms with Crippen LogP contribution in [0.3, 0.4) is 0 Å². The fourth-order valence-corrected chi connectivity index (χ4v) is 2.31. The Morgan fingerprint density at radius 3 is 2.94 bits per heavy atom. The maximum absolute atomic E-state index is 12.4. The lowest BCUT2D eigenvalue weighted by Gasteiger charge is -2.17. The van der Waals surface area contributed by atoms with Gasteiger partial charge in [0, 0.05) is 39.0 Å². The van der Waals surface area contributed by atoms with E-state index in [-0.39, 0.29) is 11.9 Å². The molecule has 0 saturated carbocycles. The Balaban J connectivity index is 2.07. The van der Waals surface area contributed by atoms with Gasteiger partial charge in [0.2, 0.25) is 0 Å². The quantitative estimate of drug-likeness (QED) is 0.850. The summed E-state index contributed by atoms with van der Waals surface area (Å²) in [6, 6.07) is 3.84. The van der Waals surface area contributed by atoms with Gasteiger partial charge in [0.25, 0.3) is 5.91 Å². The minimum Gasteiger partial charge on any atom is -0.383 e. The van der Waals surface area contributed by atoms with E-state index in [2.05, 4.69) is 6.92 Å². The summed E-state index contributed by atoms with van der Waals surface area (Å²) in [7, 11) is 1.66. The molecule has 2 atom stereocenters. The van der Waals surface area contributed by atoms with Crippen LogP contribution in [0.25, 0.3) is 0 Å². The summed E-state index contributed by atoms with van der Waals surface area (Å²) >= 11 is 0. The molecule has 18 heavy (non-hydrogen) atoms. The predicted octanol–water partition coefficient (Wildman–Crippen LogP) is 0.554. The Bertz CT molecular complexity index is 406. The van der Waals surface area contributed by atoms with Crippen LogP contribution in [0, 0.1) is 5.92 Å². The lowest BCUT2D eigenvalue weighted by molar-refractivity contribution is 0.0773. The first-order valence-electron chi connectivity index (χ1n) is 6.32. The molecule has 0 aromatic carbocycles. The van der Waals surface area contributed by atoms with E-state index in [4.69, 9.17) is 10.5 Å². The van der Waals surface area contributed by atoms with Gasteiger partial charge in [-0.3, -0.25) is 4.79 Å². The number of rotatable bonds is 4. The molecule has 2 rings (SSSR count). The third-order valence-electron chi connectivity index (χ3n) is 3.54. The lowest BCUT2D eigenvalue weighted by Crippen LogP contribution is -2.33. The standard InChI is InChI=1S/C13H21N3O2/c1-10-8-16(9-11(10)14)13(17)12-4-3-5-15(12)6-7-18-2/h3-5,10-11H,6-9,14H2,1-2H3. The van der Waals surface area contributed by atoms with E-state index >= 15 is 0 Å². The van der Waals surface area contributed by atoms with E-state index in [1.54, 1.807) is 7.11 Å². The molecule has 1 aromatic heterocycles. The Morgan fingerprint density at radius 2 is 2.33 bits per heavy atom. The topological polar surface area (TPSA) is 60.5 Å². The lowest BCUT2D eigenvalue weighted by atomic mass is 10.1. The number of carbonyl (C=O) groups is 1. The second-order valence-corrected chi connectivity index (χ2v) is 4.93. The number of amides is 1. The monoisotopic (exact) mass is 251 g/mol. The van der Waals surface area contributed by atoms with Gasteiger partial charge >= 0.3 is 0 Å². The molecule has 2 unspecified atom stereocenters. The van der Waals surface area contributed by atoms with Crippen molar-refractivity contribution in [2.24, 2.45) is 11.7 Å². The molecule has 0 aliphatic carbocycles. The molecule has 5 nitrogen and oxygen atoms in total. The molecule has 1 saturated heterocycles. The Hall–Kier alpha value is -1.33. The zero-order valence-electron chi connectivity index (χ0n) is 11.0. The highest BCUT2D eigenvalue weighted by molar-refractivity contribution is 5.93. The Morgan fingerprint density at radius 1 is 1.56 bits per heavy atom. The van der Waals surface area contributed by atoms with Gasteiger partial charge in [-0.1, -0.05) is 6.92 Å². The van der Waals surface area contributed by atoms with E-state index in [1.807, 2.05) is 27.8 Å². The van der Waals surface area contributed by atoms with Crippen molar-refractivity contribution >= 4 is 5.91 Å². The SMILES string of the molecule is COCCn1cccc1C(=O)N1CC(C)C(N)C1. The van der Waals surface area contributed by atoms with Gasteiger partial charge in [-0.15, -0.1) is 0 Å². The molecule has 0 spiro atoms. The van der Waals surface area contributed by atoms with Crippen LogP contribution in [0.15, 0.2) is 18.3 Å². The zero-order valence-corrected chi connectivity index (χ0v) is 11.0. The first kappa shape index (κ1) is 13.1. The van der Waals surface area contributed by atoms with Crippen molar-refractivity contribution in [2.45, 2.75) is 19.5 Å². The number of aromatic nitrogens is 1. The molecule has 2 heterocycles. The number of hydrogen-bond donors (Lipinski definition) is 1. The van der Waals surface area contributed by atoms with Crippen molar-refractivity contribution < 1.29 is 9.53 Å². The third kappa shape index (κ3) is 2.57. The molecule has 100 valence electrons. The summed E-state index contributed by atoms with van der Waals surface area (Å²) in [4.78, 5) is 14.2. The number of nitrogens with two attached hydrogens (primary N) is 1. The molecule has 1 aliphatic heterocycles. The van der Waals surface area contributed by atoms with Crippen molar-refractivity contribution in [3.8, 4) is 0 Å². The summed E-state index contributed by atoms with van der Waals surface area (Å²) in [6.45, 7) is 4.78. The van der Waals surface area contributed by atoms with Crippen LogP contribution in [-0.4, -0.2) is 48.2 Å². The van der Waals surface area contributed by atoms with Crippen LogP contribution >= 0.6 is 0 Å². The van der Waals surface area contributed by atoms with Crippen LogP contribution in [0.2, 0.25) is 0 Å². The first-order valence-corrected chi connectivity index (χ1v) is 6.32. The molecular weight excluding hydrogens is 230 g/mol. The van der Waals surface area contributed by atoms with Crippen LogP contribution < -0.4 is 5.73 Å². The van der Waals surface area contributed by atoms with Crippen LogP contribution in [0.4, 0.5) is 0 Å². The summed E-state index contributed by atoms with van der Waals surface area (Å²) in [5, 5.41) is 0. The molecule has 2 N–H and O–H groups in total. The molecule has 1 amide bonds. The van der Waals surface area contributed by atoms with E-state index in [9.17, 15) is 4.79 Å². The van der Waals surface area contributed by atoms with Gasteiger partial charge in [-0.25, -0.2) is 0 Å². The Kier molecular flexibility index (Phi) is 4.04. The number of likely N-dealkylation sites (tertiary alicyclic amines) is 1. The molecule has 1 fully saturated rings. The molecule has 1 aromatic rings. The normalized spacial score (nSPS) is 23.6. The summed E-state index contributed by atoms with van der Waals surface area (Å²) in [5.74, 6) is 0.437. The minimum atomic E-state index is 0.0657. The average molecular weight is 251 g/mol. The van der Waals surface area contributed by atoms with Crippen molar-refractivity contribution in [3.63, 3.8) is 0 Å². The highest BCUT2D eigenvalue weighted by Gasteiger charge is 2.31. The number of carbonyl (C=O) groups excluding carboxylic acids is 1. The maximum Gasteiger partial charge on any atom is 0.270 e. The second kappa shape index (κ2) is 5.54. The average Bonchev–Trinajstić information content (AvgIpc) is 2.94. The molecular formula is C13H21N3O2. The number of hydrogen-bond acceptors (Lipinski definition) is 3. The van der Waals surface area contributed by atoms with Crippen molar-refractivity contribution in [1.82, 2.24) is 9.47 Å². The fourth-order valence-electron chi connectivity index (χ4n) is 2.31. The van der Waals surface area contributed by atoms with E-state index < -0.39 is 0 Å². The molecule has 1 aliphatic rings.